The van der Waals surface area contributed by atoms with E-state index in [1.54, 1.807) is 6.07 Å². The molecule has 0 saturated carbocycles. The van der Waals surface area contributed by atoms with E-state index in [2.05, 4.69) is 14.9 Å². The Morgan fingerprint density at radius 1 is 1.11 bits per heavy atom. The monoisotopic (exact) mass is 366 g/mol. The average molecular weight is 366 g/mol. The smallest absolute Gasteiger partial charge is 0.337 e. The standard InChI is InChI=1S/C18H16N4O3.C2H6/c23-18(24)13-10-14-15(19-11-13)17(22-6-8-25-9-7-22)21-16(20-14)12-4-2-1-3-5-12;1-2/h1-5,10-11H,6-9H2,(H,23,24);1-2H3. The van der Waals surface area contributed by atoms with Gasteiger partial charge in [-0.15, -0.1) is 0 Å². The van der Waals surface area contributed by atoms with E-state index < -0.39 is 5.97 Å². The van der Waals surface area contributed by atoms with Gasteiger partial charge in [0.2, 0.25) is 0 Å². The molecule has 3 aromatic rings. The predicted molar refractivity (Wildman–Crippen MR) is 104 cm³/mol. The molecular weight excluding hydrogens is 344 g/mol. The highest BCUT2D eigenvalue weighted by atomic mass is 16.5. The maximum atomic E-state index is 11.3. The summed E-state index contributed by atoms with van der Waals surface area (Å²) in [6.07, 6.45) is 1.35. The molecule has 1 N–H and O–H groups in total. The van der Waals surface area contributed by atoms with Gasteiger partial charge in [-0.05, 0) is 6.07 Å². The number of rotatable bonds is 3. The summed E-state index contributed by atoms with van der Waals surface area (Å²) in [6, 6.07) is 11.2. The number of morpholine rings is 1. The first-order valence-corrected chi connectivity index (χ1v) is 9.01. The lowest BCUT2D eigenvalue weighted by atomic mass is 10.2. The molecule has 140 valence electrons. The van der Waals surface area contributed by atoms with Gasteiger partial charge in [0, 0.05) is 24.8 Å². The van der Waals surface area contributed by atoms with Crippen molar-refractivity contribution in [3.05, 3.63) is 48.2 Å². The second kappa shape index (κ2) is 8.55. The van der Waals surface area contributed by atoms with Crippen LogP contribution in [0.15, 0.2) is 42.6 Å². The molecule has 0 unspecified atom stereocenters. The molecule has 1 aliphatic rings. The minimum absolute atomic E-state index is 0.109. The van der Waals surface area contributed by atoms with Gasteiger partial charge >= 0.3 is 5.97 Å². The fourth-order valence-corrected chi connectivity index (χ4v) is 2.83. The molecule has 1 aliphatic heterocycles. The normalized spacial score (nSPS) is 13.8. The Balaban J connectivity index is 0.00000102. The van der Waals surface area contributed by atoms with Crippen molar-refractivity contribution in [2.24, 2.45) is 0 Å². The number of hydrogen-bond donors (Lipinski definition) is 1. The number of fused-ring (bicyclic) bond motifs is 1. The number of ether oxygens (including phenoxy) is 1. The maximum Gasteiger partial charge on any atom is 0.337 e. The number of benzene rings is 1. The van der Waals surface area contributed by atoms with E-state index in [0.29, 0.717) is 49.0 Å². The summed E-state index contributed by atoms with van der Waals surface area (Å²) in [5.41, 5.74) is 2.11. The molecule has 1 saturated heterocycles. The molecule has 27 heavy (non-hydrogen) atoms. The van der Waals surface area contributed by atoms with Crippen molar-refractivity contribution in [3.8, 4) is 11.4 Å². The van der Waals surface area contributed by atoms with Crippen LogP contribution in [0, 0.1) is 0 Å². The number of anilines is 1. The highest BCUT2D eigenvalue weighted by Gasteiger charge is 2.20. The third kappa shape index (κ3) is 4.03. The Labute approximate surface area is 157 Å². The van der Waals surface area contributed by atoms with Crippen LogP contribution in [-0.4, -0.2) is 52.3 Å². The number of carboxylic acids is 1. The van der Waals surface area contributed by atoms with Gasteiger partial charge < -0.3 is 14.7 Å². The van der Waals surface area contributed by atoms with Gasteiger partial charge in [-0.2, -0.15) is 0 Å². The van der Waals surface area contributed by atoms with Crippen LogP contribution in [0.2, 0.25) is 0 Å². The first kappa shape index (κ1) is 18.7. The second-order valence-electron chi connectivity index (χ2n) is 5.73. The number of aromatic nitrogens is 3. The number of aromatic carboxylic acids is 1. The molecule has 0 radical (unpaired) electrons. The number of carboxylic acid groups (broad SMARTS) is 1. The van der Waals surface area contributed by atoms with Gasteiger partial charge in [0.25, 0.3) is 0 Å². The summed E-state index contributed by atoms with van der Waals surface area (Å²) < 4.78 is 5.42. The Bertz CT molecular complexity index is 925. The zero-order chi connectivity index (χ0) is 19.2. The zero-order valence-corrected chi connectivity index (χ0v) is 15.4. The van der Waals surface area contributed by atoms with Crippen molar-refractivity contribution in [1.29, 1.82) is 0 Å². The number of nitrogens with zero attached hydrogens (tertiary/aromatic N) is 4. The molecule has 1 fully saturated rings. The molecule has 1 aromatic carbocycles. The second-order valence-corrected chi connectivity index (χ2v) is 5.73. The fourth-order valence-electron chi connectivity index (χ4n) is 2.83. The summed E-state index contributed by atoms with van der Waals surface area (Å²) in [7, 11) is 0. The van der Waals surface area contributed by atoms with Crippen LogP contribution >= 0.6 is 0 Å². The van der Waals surface area contributed by atoms with Gasteiger partial charge in [-0.3, -0.25) is 0 Å². The van der Waals surface area contributed by atoms with E-state index >= 15 is 0 Å². The molecule has 0 bridgehead atoms. The van der Waals surface area contributed by atoms with Crippen molar-refractivity contribution in [2.45, 2.75) is 13.8 Å². The van der Waals surface area contributed by atoms with E-state index in [-0.39, 0.29) is 5.56 Å². The van der Waals surface area contributed by atoms with Gasteiger partial charge in [-0.1, -0.05) is 44.2 Å². The molecule has 4 rings (SSSR count). The van der Waals surface area contributed by atoms with Crippen LogP contribution in [0.4, 0.5) is 5.82 Å². The molecular formula is C20H22N4O3. The van der Waals surface area contributed by atoms with E-state index in [1.165, 1.54) is 6.20 Å². The average Bonchev–Trinajstić information content (AvgIpc) is 2.75. The van der Waals surface area contributed by atoms with Gasteiger partial charge in [0.05, 0.1) is 24.3 Å². The molecule has 0 spiro atoms. The SMILES string of the molecule is CC.O=C(O)c1cnc2c(N3CCOCC3)nc(-c3ccccc3)nc2c1. The van der Waals surface area contributed by atoms with Crippen LogP contribution in [0.3, 0.4) is 0 Å². The largest absolute Gasteiger partial charge is 0.478 e. The highest BCUT2D eigenvalue weighted by Crippen LogP contribution is 2.27. The van der Waals surface area contributed by atoms with Crippen molar-refractivity contribution in [2.75, 3.05) is 31.2 Å². The number of pyridine rings is 1. The molecule has 0 atom stereocenters. The molecule has 3 heterocycles. The fraction of sp³-hybridized carbons (Fsp3) is 0.300. The van der Waals surface area contributed by atoms with Crippen molar-refractivity contribution < 1.29 is 14.6 Å². The van der Waals surface area contributed by atoms with Crippen LogP contribution in [0.1, 0.15) is 24.2 Å². The third-order valence-electron chi connectivity index (χ3n) is 4.11. The lowest BCUT2D eigenvalue weighted by Gasteiger charge is -2.28. The first-order valence-electron chi connectivity index (χ1n) is 9.01. The summed E-state index contributed by atoms with van der Waals surface area (Å²) in [5.74, 6) is 0.241. The quantitative estimate of drug-likeness (QED) is 0.761. The van der Waals surface area contributed by atoms with Crippen LogP contribution in [0.25, 0.3) is 22.4 Å². The summed E-state index contributed by atoms with van der Waals surface area (Å²) in [4.78, 5) is 27.0. The first-order chi connectivity index (χ1) is 13.2. The van der Waals surface area contributed by atoms with E-state index in [9.17, 15) is 9.90 Å². The maximum absolute atomic E-state index is 11.3. The van der Waals surface area contributed by atoms with Crippen LogP contribution in [-0.2, 0) is 4.74 Å². The van der Waals surface area contributed by atoms with E-state index in [1.807, 2.05) is 44.2 Å². The Hall–Kier alpha value is -3.06. The predicted octanol–water partition coefficient (Wildman–Crippen LogP) is 3.25. The summed E-state index contributed by atoms with van der Waals surface area (Å²) in [6.45, 7) is 6.67. The number of carbonyl (C=O) groups is 1. The Kier molecular flexibility index (Phi) is 5.93. The van der Waals surface area contributed by atoms with Gasteiger partial charge in [-0.25, -0.2) is 19.7 Å². The minimum atomic E-state index is -1.03. The highest BCUT2D eigenvalue weighted by molar-refractivity contribution is 5.94. The molecule has 0 amide bonds. The van der Waals surface area contributed by atoms with E-state index in [0.717, 1.165) is 5.56 Å². The van der Waals surface area contributed by atoms with E-state index in [4.69, 9.17) is 9.72 Å². The molecule has 7 nitrogen and oxygen atoms in total. The third-order valence-corrected chi connectivity index (χ3v) is 4.11. The number of hydrogen-bond acceptors (Lipinski definition) is 6. The zero-order valence-electron chi connectivity index (χ0n) is 15.4. The van der Waals surface area contributed by atoms with Crippen molar-refractivity contribution in [1.82, 2.24) is 15.0 Å². The molecule has 0 aliphatic carbocycles. The van der Waals surface area contributed by atoms with Gasteiger partial charge in [0.1, 0.15) is 5.52 Å². The van der Waals surface area contributed by atoms with Crippen LogP contribution < -0.4 is 4.90 Å². The summed E-state index contributed by atoms with van der Waals surface area (Å²) in [5, 5.41) is 9.24. The molecule has 2 aromatic heterocycles. The van der Waals surface area contributed by atoms with Crippen molar-refractivity contribution in [3.63, 3.8) is 0 Å². The van der Waals surface area contributed by atoms with Gasteiger partial charge in [0.15, 0.2) is 11.6 Å². The Morgan fingerprint density at radius 2 is 1.81 bits per heavy atom. The lowest BCUT2D eigenvalue weighted by molar-refractivity contribution is 0.0696. The lowest BCUT2D eigenvalue weighted by Crippen LogP contribution is -2.37. The topological polar surface area (TPSA) is 88.4 Å². The minimum Gasteiger partial charge on any atom is -0.478 e. The summed E-state index contributed by atoms with van der Waals surface area (Å²) >= 11 is 0. The Morgan fingerprint density at radius 3 is 2.48 bits per heavy atom. The van der Waals surface area contributed by atoms with Crippen LogP contribution in [0.5, 0.6) is 0 Å². The van der Waals surface area contributed by atoms with Crippen molar-refractivity contribution >= 4 is 22.8 Å². The molecule has 7 heteroatoms.